The van der Waals surface area contributed by atoms with Gasteiger partial charge in [-0.05, 0) is 23.8 Å². The molecule has 0 spiro atoms. The predicted molar refractivity (Wildman–Crippen MR) is 96.1 cm³/mol. The van der Waals surface area contributed by atoms with E-state index in [0.717, 1.165) is 28.6 Å². The molecule has 0 N–H and O–H groups in total. The van der Waals surface area contributed by atoms with Crippen LogP contribution in [-0.2, 0) is 6.54 Å². The first-order valence-corrected chi connectivity index (χ1v) is 7.92. The second-order valence-corrected chi connectivity index (χ2v) is 5.69. The van der Waals surface area contributed by atoms with E-state index in [9.17, 15) is 0 Å². The zero-order valence-corrected chi connectivity index (χ0v) is 13.1. The molecule has 0 unspecified atom stereocenters. The Bertz CT molecular complexity index is 1040. The van der Waals surface area contributed by atoms with Crippen LogP contribution in [0.2, 0.25) is 0 Å². The lowest BCUT2D eigenvalue weighted by atomic mass is 10.1. The van der Waals surface area contributed by atoms with Gasteiger partial charge in [-0.3, -0.25) is 0 Å². The fourth-order valence-electron chi connectivity index (χ4n) is 3.23. The molecule has 0 fully saturated rings. The zero-order valence-electron chi connectivity index (χ0n) is 13.1. The van der Waals surface area contributed by atoms with Crippen LogP contribution < -0.4 is 4.74 Å². The van der Waals surface area contributed by atoms with E-state index >= 15 is 0 Å². The lowest BCUT2D eigenvalue weighted by Gasteiger charge is -2.08. The molecule has 0 aliphatic carbocycles. The first kappa shape index (κ1) is 14.3. The number of rotatable bonds is 4. The number of hydrogen-bond acceptors (Lipinski definition) is 2. The minimum absolute atomic E-state index is 0.0529. The maximum absolute atomic E-state index is 8.83. The molecule has 0 bridgehead atoms. The molecule has 4 rings (SSSR count). The topological polar surface area (TPSA) is 37.9 Å². The summed E-state index contributed by atoms with van der Waals surface area (Å²) in [7, 11) is 0. The number of nitriles is 1. The van der Waals surface area contributed by atoms with E-state index in [1.165, 1.54) is 11.1 Å². The third-order valence-electron chi connectivity index (χ3n) is 4.23. The van der Waals surface area contributed by atoms with Crippen molar-refractivity contribution in [1.82, 2.24) is 4.57 Å². The number of aromatic nitrogens is 1. The largest absolute Gasteiger partial charge is 0.478 e. The predicted octanol–water partition coefficient (Wildman–Crippen LogP) is 4.75. The Labute approximate surface area is 140 Å². The molecule has 1 aromatic heterocycles. The highest BCUT2D eigenvalue weighted by Crippen LogP contribution is 2.36. The highest BCUT2D eigenvalue weighted by molar-refractivity contribution is 6.11. The molecule has 1 heterocycles. The van der Waals surface area contributed by atoms with E-state index in [4.69, 9.17) is 10.00 Å². The Morgan fingerprint density at radius 3 is 2.42 bits per heavy atom. The normalized spacial score (nSPS) is 10.8. The molecule has 0 atom stereocenters. The van der Waals surface area contributed by atoms with Crippen molar-refractivity contribution in [2.24, 2.45) is 0 Å². The Balaban J connectivity index is 1.96. The van der Waals surface area contributed by atoms with Crippen LogP contribution in [0.1, 0.15) is 5.56 Å². The Kier molecular flexibility index (Phi) is 3.64. The minimum atomic E-state index is 0.0529. The maximum atomic E-state index is 8.83. The van der Waals surface area contributed by atoms with Gasteiger partial charge in [0.2, 0.25) is 0 Å². The zero-order chi connectivity index (χ0) is 16.4. The molecule has 0 aliphatic heterocycles. The van der Waals surface area contributed by atoms with E-state index in [0.29, 0.717) is 0 Å². The average Bonchev–Trinajstić information content (AvgIpc) is 2.96. The van der Waals surface area contributed by atoms with Crippen LogP contribution in [0.25, 0.3) is 21.8 Å². The van der Waals surface area contributed by atoms with E-state index in [1.807, 2.05) is 30.3 Å². The summed E-state index contributed by atoms with van der Waals surface area (Å²) < 4.78 is 7.97. The number of nitrogens with zero attached hydrogens (tertiary/aromatic N) is 2. The second-order valence-electron chi connectivity index (χ2n) is 5.69. The molecule has 0 radical (unpaired) electrons. The molecular formula is C21H16N2O. The van der Waals surface area contributed by atoms with Gasteiger partial charge in [-0.25, -0.2) is 0 Å². The molecule has 3 nitrogen and oxygen atoms in total. The first-order chi connectivity index (χ1) is 11.9. The van der Waals surface area contributed by atoms with Crippen LogP contribution >= 0.6 is 0 Å². The fourth-order valence-corrected chi connectivity index (χ4v) is 3.23. The molecule has 116 valence electrons. The lowest BCUT2D eigenvalue weighted by molar-refractivity contribution is 0.373. The van der Waals surface area contributed by atoms with Crippen molar-refractivity contribution in [1.29, 1.82) is 5.26 Å². The average molecular weight is 312 g/mol. The number of hydrogen-bond donors (Lipinski definition) is 0. The summed E-state index contributed by atoms with van der Waals surface area (Å²) in [5.74, 6) is 0.761. The smallest absolute Gasteiger partial charge is 0.174 e. The number of ether oxygens (including phenoxy) is 1. The molecule has 0 amide bonds. The number of para-hydroxylation sites is 1. The summed E-state index contributed by atoms with van der Waals surface area (Å²) in [5.41, 5.74) is 3.54. The van der Waals surface area contributed by atoms with Crippen LogP contribution in [0, 0.1) is 11.3 Å². The van der Waals surface area contributed by atoms with Gasteiger partial charge in [-0.2, -0.15) is 5.26 Å². The highest BCUT2D eigenvalue weighted by Gasteiger charge is 2.14. The van der Waals surface area contributed by atoms with Gasteiger partial charge in [-0.1, -0.05) is 54.6 Å². The third kappa shape index (κ3) is 2.39. The fraction of sp³-hybridized carbons (Fsp3) is 0.0952. The maximum Gasteiger partial charge on any atom is 0.174 e. The molecule has 4 aromatic rings. The van der Waals surface area contributed by atoms with Crippen molar-refractivity contribution in [2.75, 3.05) is 6.61 Å². The number of fused-ring (bicyclic) bond motifs is 3. The van der Waals surface area contributed by atoms with Crippen molar-refractivity contribution in [3.05, 3.63) is 78.4 Å². The molecule has 24 heavy (non-hydrogen) atoms. The molecule has 3 aromatic carbocycles. The van der Waals surface area contributed by atoms with Crippen LogP contribution in [0.15, 0.2) is 72.8 Å². The Morgan fingerprint density at radius 2 is 1.58 bits per heavy atom. The van der Waals surface area contributed by atoms with Gasteiger partial charge >= 0.3 is 0 Å². The van der Waals surface area contributed by atoms with Crippen LogP contribution in [0.5, 0.6) is 5.75 Å². The quantitative estimate of drug-likeness (QED) is 0.545. The minimum Gasteiger partial charge on any atom is -0.478 e. The van der Waals surface area contributed by atoms with E-state index in [1.54, 1.807) is 0 Å². The van der Waals surface area contributed by atoms with E-state index in [2.05, 4.69) is 53.1 Å². The highest BCUT2D eigenvalue weighted by atomic mass is 16.5. The van der Waals surface area contributed by atoms with Crippen molar-refractivity contribution in [3.8, 4) is 11.8 Å². The molecule has 0 saturated carbocycles. The standard InChI is InChI=1S/C21H16N2O/c22-13-14-24-20-12-6-11-19-21(20)17-9-4-5-10-18(17)23(19)15-16-7-2-1-3-8-16/h1-12H,14-15H2. The van der Waals surface area contributed by atoms with Gasteiger partial charge in [0.1, 0.15) is 11.8 Å². The van der Waals surface area contributed by atoms with Gasteiger partial charge in [0.15, 0.2) is 6.61 Å². The van der Waals surface area contributed by atoms with Crippen molar-refractivity contribution in [3.63, 3.8) is 0 Å². The van der Waals surface area contributed by atoms with Crippen molar-refractivity contribution in [2.45, 2.75) is 6.54 Å². The lowest BCUT2D eigenvalue weighted by Crippen LogP contribution is -1.99. The summed E-state index contributed by atoms with van der Waals surface area (Å²) in [6, 6.07) is 26.8. The summed E-state index contributed by atoms with van der Waals surface area (Å²) in [5, 5.41) is 11.1. The van der Waals surface area contributed by atoms with E-state index < -0.39 is 0 Å². The summed E-state index contributed by atoms with van der Waals surface area (Å²) >= 11 is 0. The summed E-state index contributed by atoms with van der Waals surface area (Å²) in [6.07, 6.45) is 0. The third-order valence-corrected chi connectivity index (χ3v) is 4.23. The van der Waals surface area contributed by atoms with E-state index in [-0.39, 0.29) is 6.61 Å². The first-order valence-electron chi connectivity index (χ1n) is 7.92. The second kappa shape index (κ2) is 6.10. The van der Waals surface area contributed by atoms with Crippen LogP contribution in [0.3, 0.4) is 0 Å². The van der Waals surface area contributed by atoms with Crippen LogP contribution in [0.4, 0.5) is 0 Å². The van der Waals surface area contributed by atoms with Gasteiger partial charge < -0.3 is 9.30 Å². The summed E-state index contributed by atoms with van der Waals surface area (Å²) in [6.45, 7) is 0.851. The molecular weight excluding hydrogens is 296 g/mol. The number of benzene rings is 3. The molecule has 0 saturated heterocycles. The van der Waals surface area contributed by atoms with Gasteiger partial charge in [0.05, 0.1) is 5.52 Å². The van der Waals surface area contributed by atoms with Gasteiger partial charge in [0, 0.05) is 22.8 Å². The van der Waals surface area contributed by atoms with Crippen molar-refractivity contribution >= 4 is 21.8 Å². The van der Waals surface area contributed by atoms with Crippen molar-refractivity contribution < 1.29 is 4.74 Å². The monoisotopic (exact) mass is 312 g/mol. The van der Waals surface area contributed by atoms with Gasteiger partial charge in [0.25, 0.3) is 0 Å². The summed E-state index contributed by atoms with van der Waals surface area (Å²) in [4.78, 5) is 0. The Morgan fingerprint density at radius 1 is 0.833 bits per heavy atom. The van der Waals surface area contributed by atoms with Gasteiger partial charge in [-0.15, -0.1) is 0 Å². The Hall–Kier alpha value is -3.25. The van der Waals surface area contributed by atoms with Crippen LogP contribution in [-0.4, -0.2) is 11.2 Å². The molecule has 0 aliphatic rings. The SMILES string of the molecule is N#CCOc1cccc2c1c1ccccc1n2Cc1ccccc1. The molecule has 3 heteroatoms.